The summed E-state index contributed by atoms with van der Waals surface area (Å²) in [6, 6.07) is 11.7. The van der Waals surface area contributed by atoms with E-state index in [1.807, 2.05) is 0 Å². The molecule has 3 rings (SSSR count). The number of rotatable bonds is 8. The molecule has 1 amide bonds. The molecule has 0 atom stereocenters. The Balaban J connectivity index is 1.59. The van der Waals surface area contributed by atoms with E-state index in [4.69, 9.17) is 10.9 Å². The molecule has 1 aliphatic heterocycles. The molecule has 2 aromatic rings. The van der Waals surface area contributed by atoms with Crippen LogP contribution >= 0.6 is 0 Å². The van der Waals surface area contributed by atoms with Crippen LogP contribution in [0.5, 0.6) is 0 Å². The molecular weight excluding hydrogens is 460 g/mol. The van der Waals surface area contributed by atoms with Crippen LogP contribution in [0.4, 0.5) is 5.69 Å². The predicted octanol–water partition coefficient (Wildman–Crippen LogP) is 0.631. The summed E-state index contributed by atoms with van der Waals surface area (Å²) >= 11 is 0. The summed E-state index contributed by atoms with van der Waals surface area (Å²) in [5.41, 5.74) is 6.04. The zero-order valence-electron chi connectivity index (χ0n) is 19.0. The van der Waals surface area contributed by atoms with E-state index in [-0.39, 0.29) is 35.8 Å². The number of nitrogens with two attached hydrogens (primary N) is 1. The lowest BCUT2D eigenvalue weighted by Crippen LogP contribution is -2.45. The molecule has 12 heteroatoms. The van der Waals surface area contributed by atoms with E-state index in [1.54, 1.807) is 48.2 Å². The number of hydrogen-bond acceptors (Lipinski definition) is 6. The Bertz CT molecular complexity index is 1190. The number of carbonyl (C=O) groups excluding carboxylic acids is 1. The smallest absolute Gasteiger partial charge is 0.275 e. The van der Waals surface area contributed by atoms with Gasteiger partial charge in [0, 0.05) is 25.3 Å². The van der Waals surface area contributed by atoms with Crippen molar-refractivity contribution in [1.82, 2.24) is 14.8 Å². The topological polar surface area (TPSA) is 159 Å². The molecule has 184 valence electrons. The van der Waals surface area contributed by atoms with Crippen LogP contribution in [0.15, 0.2) is 52.4 Å². The van der Waals surface area contributed by atoms with Gasteiger partial charge in [0.1, 0.15) is 12.2 Å². The third-order valence-electron chi connectivity index (χ3n) is 5.79. The number of aromatic nitrogens is 1. The Hall–Kier alpha value is -3.54. The van der Waals surface area contributed by atoms with Gasteiger partial charge in [0.15, 0.2) is 0 Å². The highest BCUT2D eigenvalue weighted by Gasteiger charge is 2.22. The van der Waals surface area contributed by atoms with Gasteiger partial charge in [-0.2, -0.15) is 0 Å². The summed E-state index contributed by atoms with van der Waals surface area (Å²) in [4.78, 5) is 27.2. The van der Waals surface area contributed by atoms with Gasteiger partial charge in [0.2, 0.25) is 21.9 Å². The minimum Gasteiger partial charge on any atom is -0.408 e. The number of sulfonamides is 1. The molecule has 0 saturated carbocycles. The standard InChI is InChI=1S/C22H30N6O5S/c1-16-7-8-19(26-34(32,33)15-18-5-3-2-4-6-18)21(30)28(16)14-20(29)24-13-17-9-11-27(12-10-17)22(23)25-31/h2-8,17,26,31H,9-15H2,1H3,(H2,23,25)(H,24,29). The SMILES string of the molecule is Cc1ccc(NS(=O)(=O)Cc2ccccc2)c(=O)n1CC(=O)NCC1CCN(/C(N)=N\O)CC1. The van der Waals surface area contributed by atoms with Gasteiger partial charge in [-0.25, -0.2) is 8.42 Å². The summed E-state index contributed by atoms with van der Waals surface area (Å²) in [6.07, 6.45) is 1.54. The predicted molar refractivity (Wildman–Crippen MR) is 129 cm³/mol. The van der Waals surface area contributed by atoms with E-state index in [9.17, 15) is 18.0 Å². The fourth-order valence-electron chi connectivity index (χ4n) is 3.83. The number of amides is 1. The first-order valence-corrected chi connectivity index (χ1v) is 12.6. The first kappa shape index (κ1) is 25.1. The average molecular weight is 491 g/mol. The van der Waals surface area contributed by atoms with Crippen molar-refractivity contribution in [2.75, 3.05) is 24.4 Å². The lowest BCUT2D eigenvalue weighted by molar-refractivity contribution is -0.122. The zero-order chi connectivity index (χ0) is 24.7. The average Bonchev–Trinajstić information content (AvgIpc) is 2.82. The van der Waals surface area contributed by atoms with Gasteiger partial charge in [-0.1, -0.05) is 35.5 Å². The van der Waals surface area contributed by atoms with Gasteiger partial charge >= 0.3 is 0 Å². The molecule has 0 bridgehead atoms. The van der Waals surface area contributed by atoms with Crippen molar-refractivity contribution in [1.29, 1.82) is 0 Å². The normalized spacial score (nSPS) is 15.2. The molecule has 1 aromatic heterocycles. The second kappa shape index (κ2) is 11.1. The molecule has 0 spiro atoms. The van der Waals surface area contributed by atoms with Crippen molar-refractivity contribution in [3.8, 4) is 0 Å². The maximum absolute atomic E-state index is 12.9. The zero-order valence-corrected chi connectivity index (χ0v) is 19.8. The van der Waals surface area contributed by atoms with Crippen molar-refractivity contribution in [2.24, 2.45) is 16.8 Å². The van der Waals surface area contributed by atoms with E-state index in [1.165, 1.54) is 10.6 Å². The number of guanidine groups is 1. The quantitative estimate of drug-likeness (QED) is 0.183. The Kier molecular flexibility index (Phi) is 8.16. The van der Waals surface area contributed by atoms with Crippen LogP contribution in [-0.4, -0.2) is 54.6 Å². The first-order chi connectivity index (χ1) is 16.2. The van der Waals surface area contributed by atoms with Gasteiger partial charge in [0.05, 0.1) is 5.75 Å². The highest BCUT2D eigenvalue weighted by atomic mass is 32.2. The monoisotopic (exact) mass is 490 g/mol. The molecule has 5 N–H and O–H groups in total. The van der Waals surface area contributed by atoms with Crippen LogP contribution in [0.1, 0.15) is 24.1 Å². The minimum atomic E-state index is -3.81. The van der Waals surface area contributed by atoms with Crippen molar-refractivity contribution in [3.05, 3.63) is 64.1 Å². The number of pyridine rings is 1. The van der Waals surface area contributed by atoms with Crippen LogP contribution in [-0.2, 0) is 27.1 Å². The van der Waals surface area contributed by atoms with E-state index >= 15 is 0 Å². The molecular formula is C22H30N6O5S. The molecule has 0 radical (unpaired) electrons. The molecule has 1 saturated heterocycles. The molecule has 2 heterocycles. The number of nitrogens with one attached hydrogen (secondary N) is 2. The van der Waals surface area contributed by atoms with Crippen LogP contribution < -0.4 is 21.3 Å². The van der Waals surface area contributed by atoms with Gasteiger partial charge in [-0.05, 0) is 43.4 Å². The van der Waals surface area contributed by atoms with E-state index in [0.29, 0.717) is 30.9 Å². The largest absolute Gasteiger partial charge is 0.408 e. The number of oxime groups is 1. The van der Waals surface area contributed by atoms with Crippen LogP contribution in [0.3, 0.4) is 0 Å². The van der Waals surface area contributed by atoms with Crippen LogP contribution in [0.2, 0.25) is 0 Å². The molecule has 1 fully saturated rings. The third kappa shape index (κ3) is 6.73. The number of aryl methyl sites for hydroxylation is 1. The molecule has 0 aliphatic carbocycles. The number of benzene rings is 1. The second-order valence-corrected chi connectivity index (χ2v) is 10.0. The Morgan fingerprint density at radius 1 is 1.18 bits per heavy atom. The highest BCUT2D eigenvalue weighted by molar-refractivity contribution is 7.91. The summed E-state index contributed by atoms with van der Waals surface area (Å²) in [6.45, 7) is 3.15. The fraction of sp³-hybridized carbons (Fsp3) is 0.409. The van der Waals surface area contributed by atoms with E-state index in [2.05, 4.69) is 15.2 Å². The minimum absolute atomic E-state index is 0.0802. The summed E-state index contributed by atoms with van der Waals surface area (Å²) in [7, 11) is -3.81. The maximum Gasteiger partial charge on any atom is 0.275 e. The molecule has 1 aromatic carbocycles. The van der Waals surface area contributed by atoms with Gasteiger partial charge in [-0.15, -0.1) is 0 Å². The molecule has 0 unspecified atom stereocenters. The number of hydrogen-bond donors (Lipinski definition) is 4. The van der Waals surface area contributed by atoms with Crippen molar-refractivity contribution >= 4 is 27.6 Å². The summed E-state index contributed by atoms with van der Waals surface area (Å²) in [5.74, 6) is -0.290. The van der Waals surface area contributed by atoms with E-state index < -0.39 is 15.6 Å². The van der Waals surface area contributed by atoms with E-state index in [0.717, 1.165) is 12.8 Å². The number of nitrogens with zero attached hydrogens (tertiary/aromatic N) is 3. The summed E-state index contributed by atoms with van der Waals surface area (Å²) in [5, 5.41) is 14.6. The number of anilines is 1. The van der Waals surface area contributed by atoms with Crippen LogP contribution in [0, 0.1) is 12.8 Å². The maximum atomic E-state index is 12.9. The van der Waals surface area contributed by atoms with Crippen molar-refractivity contribution in [3.63, 3.8) is 0 Å². The number of likely N-dealkylation sites (tertiary alicyclic amines) is 1. The van der Waals surface area contributed by atoms with Crippen LogP contribution in [0.25, 0.3) is 0 Å². The van der Waals surface area contributed by atoms with Gasteiger partial charge in [-0.3, -0.25) is 14.3 Å². The Labute approximate surface area is 198 Å². The molecule has 11 nitrogen and oxygen atoms in total. The van der Waals surface area contributed by atoms with Gasteiger partial charge < -0.3 is 25.7 Å². The number of carbonyl (C=O) groups is 1. The van der Waals surface area contributed by atoms with Crippen molar-refractivity contribution < 1.29 is 18.4 Å². The lowest BCUT2D eigenvalue weighted by atomic mass is 9.97. The Morgan fingerprint density at radius 3 is 2.50 bits per heavy atom. The van der Waals surface area contributed by atoms with Crippen molar-refractivity contribution in [2.45, 2.75) is 32.1 Å². The lowest BCUT2D eigenvalue weighted by Gasteiger charge is -2.32. The second-order valence-electron chi connectivity index (χ2n) is 8.32. The Morgan fingerprint density at radius 2 is 1.85 bits per heavy atom. The molecule has 34 heavy (non-hydrogen) atoms. The van der Waals surface area contributed by atoms with Gasteiger partial charge in [0.25, 0.3) is 5.56 Å². The molecule has 1 aliphatic rings. The highest BCUT2D eigenvalue weighted by Crippen LogP contribution is 2.16. The third-order valence-corrected chi connectivity index (χ3v) is 7.03. The number of piperidine rings is 1. The fourth-order valence-corrected chi connectivity index (χ4v) is 5.02. The first-order valence-electron chi connectivity index (χ1n) is 10.9. The summed E-state index contributed by atoms with van der Waals surface area (Å²) < 4.78 is 28.7.